The van der Waals surface area contributed by atoms with E-state index in [1.54, 1.807) is 40.3 Å². The molecule has 8 nitrogen and oxygen atoms in total. The van der Waals surface area contributed by atoms with Gasteiger partial charge in [-0.1, -0.05) is 36.9 Å². The van der Waals surface area contributed by atoms with Gasteiger partial charge in [-0.15, -0.1) is 0 Å². The Morgan fingerprint density at radius 3 is 2.62 bits per heavy atom. The van der Waals surface area contributed by atoms with Crippen LogP contribution in [0.1, 0.15) is 16.8 Å². The highest BCUT2D eigenvalue weighted by molar-refractivity contribution is 5.94. The van der Waals surface area contributed by atoms with Crippen molar-refractivity contribution in [1.82, 2.24) is 9.88 Å². The van der Waals surface area contributed by atoms with E-state index in [0.29, 0.717) is 53.8 Å². The van der Waals surface area contributed by atoms with Crippen LogP contribution in [0, 0.1) is 12.7 Å². The van der Waals surface area contributed by atoms with Gasteiger partial charge < -0.3 is 19.2 Å². The molecule has 37 heavy (non-hydrogen) atoms. The number of carbonyl (C=O) groups excluding carboxylic acids is 1. The highest BCUT2D eigenvalue weighted by Gasteiger charge is 2.30. The van der Waals surface area contributed by atoms with Gasteiger partial charge in [0.1, 0.15) is 5.69 Å². The standard InChI is InChI=1S/C28H29FN4O4/c1-19-25(17-27(36-4)20(2)35-3)30-13-12-26(19)37-31-24-11-10-22(16-23(24)29)33-15-14-32(28(33)34)18-21-8-6-5-7-9-21/h5-13,16-17,31H,2,14-15,18H2,1,3-4H3/b27-17+. The van der Waals surface area contributed by atoms with Crippen LogP contribution in [0.25, 0.3) is 6.08 Å². The molecule has 1 aliphatic heterocycles. The van der Waals surface area contributed by atoms with E-state index in [0.717, 1.165) is 5.56 Å². The Balaban J connectivity index is 1.43. The minimum absolute atomic E-state index is 0.134. The molecule has 0 aliphatic carbocycles. The zero-order chi connectivity index (χ0) is 26.4. The van der Waals surface area contributed by atoms with Crippen LogP contribution in [-0.2, 0) is 16.0 Å². The van der Waals surface area contributed by atoms with Crippen molar-refractivity contribution in [3.8, 4) is 5.75 Å². The summed E-state index contributed by atoms with van der Waals surface area (Å²) in [5, 5.41) is 0. The van der Waals surface area contributed by atoms with Crippen molar-refractivity contribution in [2.75, 3.05) is 37.7 Å². The number of amides is 2. The smallest absolute Gasteiger partial charge is 0.324 e. The summed E-state index contributed by atoms with van der Waals surface area (Å²) in [4.78, 5) is 26.2. The molecule has 0 atom stereocenters. The number of nitrogens with zero attached hydrogens (tertiary/aromatic N) is 3. The molecule has 2 heterocycles. The zero-order valence-electron chi connectivity index (χ0n) is 21.0. The first-order valence-corrected chi connectivity index (χ1v) is 11.7. The second kappa shape index (κ2) is 11.5. The molecule has 1 aromatic heterocycles. The molecule has 1 N–H and O–H groups in total. The molecule has 4 rings (SSSR count). The molecule has 1 aliphatic rings. The highest BCUT2D eigenvalue weighted by Crippen LogP contribution is 2.28. The Morgan fingerprint density at radius 1 is 1.14 bits per heavy atom. The summed E-state index contributed by atoms with van der Waals surface area (Å²) >= 11 is 0. The lowest BCUT2D eigenvalue weighted by Crippen LogP contribution is -2.31. The molecule has 0 spiro atoms. The normalized spacial score (nSPS) is 13.5. The maximum absolute atomic E-state index is 14.9. The van der Waals surface area contributed by atoms with Crippen LogP contribution in [0.15, 0.2) is 78.9 Å². The maximum atomic E-state index is 14.9. The van der Waals surface area contributed by atoms with Crippen LogP contribution >= 0.6 is 0 Å². The summed E-state index contributed by atoms with van der Waals surface area (Å²) in [5.41, 5.74) is 5.61. The summed E-state index contributed by atoms with van der Waals surface area (Å²) in [6, 6.07) is 15.8. The van der Waals surface area contributed by atoms with Crippen molar-refractivity contribution in [2.24, 2.45) is 0 Å². The van der Waals surface area contributed by atoms with Gasteiger partial charge in [-0.25, -0.2) is 14.7 Å². The van der Waals surface area contributed by atoms with Gasteiger partial charge in [0, 0.05) is 49.2 Å². The van der Waals surface area contributed by atoms with E-state index >= 15 is 0 Å². The summed E-state index contributed by atoms with van der Waals surface area (Å²) < 4.78 is 25.4. The molecule has 9 heteroatoms. The Kier molecular flexibility index (Phi) is 7.92. The number of hydrogen-bond acceptors (Lipinski definition) is 6. The van der Waals surface area contributed by atoms with Crippen LogP contribution in [0.5, 0.6) is 5.75 Å². The van der Waals surface area contributed by atoms with E-state index < -0.39 is 5.82 Å². The molecular formula is C28H29FN4O4. The van der Waals surface area contributed by atoms with Crippen molar-refractivity contribution in [1.29, 1.82) is 0 Å². The number of pyridine rings is 1. The van der Waals surface area contributed by atoms with E-state index in [9.17, 15) is 9.18 Å². The van der Waals surface area contributed by atoms with Gasteiger partial charge in [0.05, 0.1) is 19.9 Å². The third-order valence-corrected chi connectivity index (χ3v) is 6.05. The number of halogens is 1. The number of urea groups is 1. The number of anilines is 2. The quantitative estimate of drug-likeness (QED) is 0.222. The second-order valence-corrected chi connectivity index (χ2v) is 8.37. The third kappa shape index (κ3) is 5.83. The highest BCUT2D eigenvalue weighted by atomic mass is 19.1. The number of nitrogens with one attached hydrogen (secondary N) is 1. The van der Waals surface area contributed by atoms with E-state index in [1.807, 2.05) is 37.3 Å². The number of hydrogen-bond donors (Lipinski definition) is 1. The van der Waals surface area contributed by atoms with Crippen LogP contribution < -0.4 is 15.2 Å². The van der Waals surface area contributed by atoms with Crippen LogP contribution in [0.4, 0.5) is 20.6 Å². The lowest BCUT2D eigenvalue weighted by atomic mass is 10.2. The molecule has 2 amide bonds. The van der Waals surface area contributed by atoms with E-state index in [2.05, 4.69) is 17.0 Å². The van der Waals surface area contributed by atoms with Crippen molar-refractivity contribution in [2.45, 2.75) is 13.5 Å². The number of rotatable bonds is 10. The van der Waals surface area contributed by atoms with Crippen molar-refractivity contribution in [3.05, 3.63) is 102 Å². The number of carbonyl (C=O) groups is 1. The van der Waals surface area contributed by atoms with E-state index in [4.69, 9.17) is 14.3 Å². The fourth-order valence-electron chi connectivity index (χ4n) is 3.90. The molecule has 0 saturated carbocycles. The summed E-state index contributed by atoms with van der Waals surface area (Å²) in [6.45, 7) is 7.17. The topological polar surface area (TPSA) is 76.2 Å². The van der Waals surface area contributed by atoms with Gasteiger partial charge in [0.15, 0.2) is 23.1 Å². The van der Waals surface area contributed by atoms with Crippen molar-refractivity contribution >= 4 is 23.5 Å². The predicted molar refractivity (Wildman–Crippen MR) is 140 cm³/mol. The molecule has 1 fully saturated rings. The SMILES string of the molecule is C=C(OC)/C(=C\c1nccc(ONc2ccc(N3CCN(Cc4ccccc4)C3=O)cc2F)c1C)OC. The van der Waals surface area contributed by atoms with Gasteiger partial charge in [0.25, 0.3) is 0 Å². The van der Waals surface area contributed by atoms with Crippen molar-refractivity contribution < 1.29 is 23.5 Å². The number of methoxy groups -OCH3 is 2. The van der Waals surface area contributed by atoms with E-state index in [1.165, 1.54) is 20.3 Å². The largest absolute Gasteiger partial charge is 0.493 e. The Morgan fingerprint density at radius 2 is 1.92 bits per heavy atom. The van der Waals surface area contributed by atoms with Crippen molar-refractivity contribution in [3.63, 3.8) is 0 Å². The lowest BCUT2D eigenvalue weighted by molar-refractivity contribution is 0.219. The first-order valence-electron chi connectivity index (χ1n) is 11.7. The minimum Gasteiger partial charge on any atom is -0.493 e. The number of ether oxygens (including phenoxy) is 2. The molecule has 1 saturated heterocycles. The van der Waals surface area contributed by atoms with Gasteiger partial charge in [-0.2, -0.15) is 0 Å². The average molecular weight is 505 g/mol. The summed E-state index contributed by atoms with van der Waals surface area (Å²) in [6.07, 6.45) is 3.25. The molecule has 0 unspecified atom stereocenters. The third-order valence-electron chi connectivity index (χ3n) is 6.05. The first-order chi connectivity index (χ1) is 17.9. The fourth-order valence-corrected chi connectivity index (χ4v) is 3.90. The average Bonchev–Trinajstić information content (AvgIpc) is 3.27. The van der Waals surface area contributed by atoms with Gasteiger partial charge in [-0.05, 0) is 30.7 Å². The second-order valence-electron chi connectivity index (χ2n) is 8.37. The summed E-state index contributed by atoms with van der Waals surface area (Å²) in [5.74, 6) is 0.685. The Bertz CT molecular complexity index is 1310. The van der Waals surface area contributed by atoms with Crippen LogP contribution in [0.2, 0.25) is 0 Å². The Hall–Kier alpha value is -4.53. The number of aromatic nitrogens is 1. The van der Waals surface area contributed by atoms with E-state index in [-0.39, 0.29) is 11.7 Å². The lowest BCUT2D eigenvalue weighted by Gasteiger charge is -2.19. The molecule has 0 radical (unpaired) electrons. The molecule has 192 valence electrons. The number of benzene rings is 2. The zero-order valence-corrected chi connectivity index (χ0v) is 21.0. The molecule has 3 aromatic rings. The van der Waals surface area contributed by atoms with Gasteiger partial charge in [0.2, 0.25) is 0 Å². The van der Waals surface area contributed by atoms with Crippen LogP contribution in [0.3, 0.4) is 0 Å². The fraction of sp³-hybridized carbons (Fsp3) is 0.214. The first kappa shape index (κ1) is 25.6. The van der Waals surface area contributed by atoms with Crippen LogP contribution in [-0.4, -0.2) is 43.2 Å². The maximum Gasteiger partial charge on any atom is 0.324 e. The monoisotopic (exact) mass is 504 g/mol. The van der Waals surface area contributed by atoms with Gasteiger partial charge >= 0.3 is 6.03 Å². The summed E-state index contributed by atoms with van der Waals surface area (Å²) in [7, 11) is 3.01. The molecule has 2 aromatic carbocycles. The molecular weight excluding hydrogens is 475 g/mol. The minimum atomic E-state index is -0.545. The predicted octanol–water partition coefficient (Wildman–Crippen LogP) is 5.52. The van der Waals surface area contributed by atoms with Gasteiger partial charge in [-0.3, -0.25) is 9.88 Å². The molecule has 0 bridgehead atoms. The Labute approximate surface area is 215 Å².